The number of aromatic amines is 1. The number of rotatable bonds is 4. The van der Waals surface area contributed by atoms with Crippen LogP contribution in [0.25, 0.3) is 17.0 Å². The summed E-state index contributed by atoms with van der Waals surface area (Å²) in [6.07, 6.45) is 2.35. The van der Waals surface area contributed by atoms with Crippen molar-refractivity contribution in [3.05, 3.63) is 69.4 Å². The van der Waals surface area contributed by atoms with Crippen LogP contribution in [0.15, 0.2) is 35.4 Å². The van der Waals surface area contributed by atoms with Gasteiger partial charge in [0.1, 0.15) is 5.52 Å². The van der Waals surface area contributed by atoms with Gasteiger partial charge in [-0.1, -0.05) is 6.07 Å². The van der Waals surface area contributed by atoms with E-state index in [-0.39, 0.29) is 36.0 Å². The first kappa shape index (κ1) is 21.2. The molecule has 0 bridgehead atoms. The molecule has 4 rings (SSSR count). The van der Waals surface area contributed by atoms with Gasteiger partial charge in [0.25, 0.3) is 5.56 Å². The minimum absolute atomic E-state index is 0. The summed E-state index contributed by atoms with van der Waals surface area (Å²) in [5.41, 5.74) is 0.696. The van der Waals surface area contributed by atoms with Crippen LogP contribution in [0.2, 0.25) is 0 Å². The number of aryl methyl sites for hydroxylation is 1. The highest BCUT2D eigenvalue weighted by molar-refractivity contribution is 7.59. The number of nitrogens with zero attached hydrogens (tertiary/aromatic N) is 5. The van der Waals surface area contributed by atoms with E-state index in [1.165, 1.54) is 16.9 Å². The predicted molar refractivity (Wildman–Crippen MR) is 108 cm³/mol. The lowest BCUT2D eigenvalue weighted by Gasteiger charge is -2.14. The fourth-order valence-corrected chi connectivity index (χ4v) is 3.03. The molecule has 0 unspecified atom stereocenters. The van der Waals surface area contributed by atoms with E-state index in [0.29, 0.717) is 11.3 Å². The molecule has 0 amide bonds. The fraction of sp³-hybridized carbons (Fsp3) is 0.167. The third kappa shape index (κ3) is 3.45. The van der Waals surface area contributed by atoms with E-state index >= 15 is 0 Å². The summed E-state index contributed by atoms with van der Waals surface area (Å²) in [4.78, 5) is 30.7. The lowest BCUT2D eigenvalue weighted by molar-refractivity contribution is 0.0697. The van der Waals surface area contributed by atoms with E-state index in [9.17, 15) is 18.4 Å². The van der Waals surface area contributed by atoms with Crippen molar-refractivity contribution in [3.8, 4) is 5.95 Å². The van der Waals surface area contributed by atoms with Gasteiger partial charge in [-0.2, -0.15) is 23.7 Å². The smallest absolute Gasteiger partial charge is 0.338 e. The first-order chi connectivity index (χ1) is 13.8. The molecule has 3 aromatic heterocycles. The lowest BCUT2D eigenvalue weighted by Crippen LogP contribution is -2.19. The monoisotopic (exact) mass is 434 g/mol. The van der Waals surface area contributed by atoms with Crippen LogP contribution in [0, 0.1) is 18.6 Å². The normalized spacial score (nSPS) is 12.0. The molecule has 12 heteroatoms. The third-order valence-electron chi connectivity index (χ3n) is 4.55. The van der Waals surface area contributed by atoms with Crippen LogP contribution >= 0.6 is 13.5 Å². The summed E-state index contributed by atoms with van der Waals surface area (Å²) in [5, 5.41) is 17.2. The highest BCUT2D eigenvalue weighted by Gasteiger charge is 2.21. The molecule has 0 spiro atoms. The number of hydrogen-bond donors (Lipinski definition) is 2. The van der Waals surface area contributed by atoms with E-state index in [1.54, 1.807) is 13.8 Å². The molecule has 4 aromatic rings. The fourth-order valence-electron chi connectivity index (χ4n) is 3.03. The van der Waals surface area contributed by atoms with Crippen molar-refractivity contribution in [2.45, 2.75) is 19.9 Å². The molecule has 0 saturated carbocycles. The molecule has 3 heterocycles. The SMILES string of the molecule is Cc1nn([C@@H](C)c2ccc(F)c(F)c2)c2c(=O)[nH]c(-n3cc(C(=O)O)cn3)nc12.S. The van der Waals surface area contributed by atoms with Crippen molar-refractivity contribution < 1.29 is 18.7 Å². The van der Waals surface area contributed by atoms with Crippen molar-refractivity contribution in [1.29, 1.82) is 0 Å². The summed E-state index contributed by atoms with van der Waals surface area (Å²) < 4.78 is 29.4. The predicted octanol–water partition coefficient (Wildman–Crippen LogP) is 2.31. The van der Waals surface area contributed by atoms with Crippen LogP contribution in [0.4, 0.5) is 8.78 Å². The van der Waals surface area contributed by atoms with E-state index in [4.69, 9.17) is 5.11 Å². The van der Waals surface area contributed by atoms with Crippen molar-refractivity contribution in [2.75, 3.05) is 0 Å². The molecule has 0 aliphatic carbocycles. The molecule has 9 nitrogen and oxygen atoms in total. The number of carboxylic acid groups (broad SMARTS) is 1. The van der Waals surface area contributed by atoms with Crippen LogP contribution < -0.4 is 5.56 Å². The van der Waals surface area contributed by atoms with Gasteiger partial charge in [-0.15, -0.1) is 0 Å². The summed E-state index contributed by atoms with van der Waals surface area (Å²) in [5.74, 6) is -3.10. The van der Waals surface area contributed by atoms with E-state index < -0.39 is 29.2 Å². The Morgan fingerprint density at radius 3 is 2.63 bits per heavy atom. The van der Waals surface area contributed by atoms with Gasteiger partial charge in [0, 0.05) is 6.20 Å². The number of carboxylic acids is 1. The van der Waals surface area contributed by atoms with Crippen molar-refractivity contribution >= 4 is 30.5 Å². The van der Waals surface area contributed by atoms with Gasteiger partial charge in [-0.05, 0) is 31.5 Å². The quantitative estimate of drug-likeness (QED) is 0.509. The molecule has 30 heavy (non-hydrogen) atoms. The number of aromatic nitrogens is 6. The molecule has 0 aliphatic rings. The number of hydrogen-bond acceptors (Lipinski definition) is 5. The van der Waals surface area contributed by atoms with Crippen LogP contribution in [0.3, 0.4) is 0 Å². The maximum atomic E-state index is 13.6. The zero-order valence-electron chi connectivity index (χ0n) is 15.7. The minimum Gasteiger partial charge on any atom is -0.478 e. The van der Waals surface area contributed by atoms with E-state index in [1.807, 2.05) is 0 Å². The summed E-state index contributed by atoms with van der Waals surface area (Å²) in [6.45, 7) is 3.34. The molecular weight excluding hydrogens is 418 g/mol. The topological polar surface area (TPSA) is 119 Å². The first-order valence-electron chi connectivity index (χ1n) is 8.48. The largest absolute Gasteiger partial charge is 0.478 e. The number of benzene rings is 1. The highest BCUT2D eigenvalue weighted by Crippen LogP contribution is 2.24. The average molecular weight is 434 g/mol. The second kappa shape index (κ2) is 7.71. The van der Waals surface area contributed by atoms with Crippen LogP contribution in [-0.2, 0) is 0 Å². The average Bonchev–Trinajstić information content (AvgIpc) is 3.29. The Kier molecular flexibility index (Phi) is 5.44. The van der Waals surface area contributed by atoms with Gasteiger partial charge in [0.15, 0.2) is 17.2 Å². The van der Waals surface area contributed by atoms with Crippen LogP contribution in [0.5, 0.6) is 0 Å². The molecule has 1 aromatic carbocycles. The zero-order valence-corrected chi connectivity index (χ0v) is 16.7. The Labute approximate surface area is 174 Å². The summed E-state index contributed by atoms with van der Waals surface area (Å²) in [7, 11) is 0. The van der Waals surface area contributed by atoms with Crippen molar-refractivity contribution in [3.63, 3.8) is 0 Å². The van der Waals surface area contributed by atoms with Gasteiger partial charge >= 0.3 is 5.97 Å². The third-order valence-corrected chi connectivity index (χ3v) is 4.55. The summed E-state index contributed by atoms with van der Waals surface area (Å²) in [6, 6.07) is 2.91. The Morgan fingerprint density at radius 1 is 1.27 bits per heavy atom. The van der Waals surface area contributed by atoms with E-state index in [2.05, 4.69) is 20.2 Å². The summed E-state index contributed by atoms with van der Waals surface area (Å²) >= 11 is 0. The zero-order chi connectivity index (χ0) is 20.9. The Morgan fingerprint density at radius 2 is 2.00 bits per heavy atom. The Bertz CT molecular complexity index is 1330. The second-order valence-electron chi connectivity index (χ2n) is 6.44. The van der Waals surface area contributed by atoms with E-state index in [0.717, 1.165) is 23.0 Å². The molecular formula is C18H16F2N6O3S. The maximum Gasteiger partial charge on any atom is 0.338 e. The molecule has 0 fully saturated rings. The number of halogens is 2. The molecule has 2 N–H and O–H groups in total. The second-order valence-corrected chi connectivity index (χ2v) is 6.44. The molecule has 0 aliphatic heterocycles. The van der Waals surface area contributed by atoms with Gasteiger partial charge < -0.3 is 5.11 Å². The lowest BCUT2D eigenvalue weighted by atomic mass is 10.1. The van der Waals surface area contributed by atoms with Gasteiger partial charge in [-0.25, -0.2) is 23.2 Å². The van der Waals surface area contributed by atoms with Crippen molar-refractivity contribution in [1.82, 2.24) is 29.5 Å². The molecule has 0 radical (unpaired) electrons. The van der Waals surface area contributed by atoms with Gasteiger partial charge in [0.2, 0.25) is 5.95 Å². The Hall–Kier alpha value is -3.54. The number of aromatic carboxylic acids is 1. The molecule has 0 saturated heterocycles. The molecule has 1 atom stereocenters. The number of carbonyl (C=O) groups is 1. The van der Waals surface area contributed by atoms with Crippen molar-refractivity contribution in [2.24, 2.45) is 0 Å². The minimum atomic E-state index is -1.16. The first-order valence-corrected chi connectivity index (χ1v) is 8.48. The highest BCUT2D eigenvalue weighted by atomic mass is 32.1. The number of fused-ring (bicyclic) bond motifs is 1. The van der Waals surface area contributed by atoms with Crippen LogP contribution in [-0.4, -0.2) is 40.6 Å². The standard InChI is InChI=1S/C18H14F2N6O3.H2S/c1-8-14-15(26(24-8)9(2)10-3-4-12(19)13(20)5-10)16(27)23-18(22-14)25-7-11(6-21-25)17(28)29;/h3-7,9H,1-2H3,(H,28,29)(H,22,23,27);1H2/t9-;/m0./s1. The maximum absolute atomic E-state index is 13.6. The molecule has 156 valence electrons. The number of H-pyrrole nitrogens is 1. The van der Waals surface area contributed by atoms with Crippen LogP contribution in [0.1, 0.15) is 34.6 Å². The van der Waals surface area contributed by atoms with Gasteiger partial charge in [0.05, 0.1) is 23.5 Å². The Balaban J connectivity index is 0.00000256. The van der Waals surface area contributed by atoms with Gasteiger partial charge in [-0.3, -0.25) is 14.5 Å². The number of nitrogens with one attached hydrogen (secondary N) is 1.